The molecule has 0 saturated heterocycles. The van der Waals surface area contributed by atoms with Crippen molar-refractivity contribution in [2.75, 3.05) is 0 Å². The quantitative estimate of drug-likeness (QED) is 0.731. The third-order valence-electron chi connectivity index (χ3n) is 2.70. The molecule has 2 aromatic rings. The minimum Gasteiger partial charge on any atom is -0.294 e. The highest BCUT2D eigenvalue weighted by atomic mass is 16.1. The Balaban J connectivity index is 1.82. The molecular weight excluding hydrogens is 210 g/mol. The molecule has 0 bridgehead atoms. The van der Waals surface area contributed by atoms with Crippen LogP contribution < -0.4 is 0 Å². The van der Waals surface area contributed by atoms with Gasteiger partial charge < -0.3 is 0 Å². The van der Waals surface area contributed by atoms with Crippen LogP contribution in [-0.4, -0.2) is 10.8 Å². The summed E-state index contributed by atoms with van der Waals surface area (Å²) in [7, 11) is 0. The second-order valence-corrected chi connectivity index (χ2v) is 4.00. The normalized spacial score (nSPS) is 10.1. The maximum absolute atomic E-state index is 11.8. The molecule has 1 heterocycles. The summed E-state index contributed by atoms with van der Waals surface area (Å²) >= 11 is 0. The Morgan fingerprint density at radius 2 is 1.88 bits per heavy atom. The average Bonchev–Trinajstić information content (AvgIpc) is 2.41. The number of carbonyl (C=O) groups is 1. The second-order valence-electron chi connectivity index (χ2n) is 4.00. The molecule has 1 aromatic carbocycles. The monoisotopic (exact) mass is 225 g/mol. The number of Topliss-reactive ketones (excluding diaryl/α,β-unsaturated/α-hetero) is 1. The van der Waals surface area contributed by atoms with Gasteiger partial charge in [-0.1, -0.05) is 30.3 Å². The highest BCUT2D eigenvalue weighted by Crippen LogP contribution is 2.08. The molecule has 2 nitrogen and oxygen atoms in total. The summed E-state index contributed by atoms with van der Waals surface area (Å²) in [5, 5.41) is 0. The van der Waals surface area contributed by atoms with E-state index in [-0.39, 0.29) is 5.78 Å². The molecule has 2 heteroatoms. The third-order valence-corrected chi connectivity index (χ3v) is 2.70. The molecule has 0 unspecified atom stereocenters. The van der Waals surface area contributed by atoms with Crippen LogP contribution in [0.2, 0.25) is 0 Å². The molecule has 0 aliphatic heterocycles. The zero-order valence-corrected chi connectivity index (χ0v) is 9.67. The van der Waals surface area contributed by atoms with E-state index in [4.69, 9.17) is 0 Å². The Kier molecular flexibility index (Phi) is 4.03. The van der Waals surface area contributed by atoms with Crippen LogP contribution in [0.15, 0.2) is 54.9 Å². The number of ketones is 1. The van der Waals surface area contributed by atoms with Crippen molar-refractivity contribution in [1.29, 1.82) is 0 Å². The number of hydrogen-bond donors (Lipinski definition) is 0. The summed E-state index contributed by atoms with van der Waals surface area (Å²) in [4.78, 5) is 15.7. The van der Waals surface area contributed by atoms with Crippen molar-refractivity contribution in [3.8, 4) is 0 Å². The molecule has 0 aliphatic carbocycles. The zero-order chi connectivity index (χ0) is 11.9. The Morgan fingerprint density at radius 3 is 2.59 bits per heavy atom. The van der Waals surface area contributed by atoms with Crippen LogP contribution in [0.5, 0.6) is 0 Å². The van der Waals surface area contributed by atoms with Crippen LogP contribution in [0.3, 0.4) is 0 Å². The number of aryl methyl sites for hydroxylation is 1. The van der Waals surface area contributed by atoms with Crippen molar-refractivity contribution < 1.29 is 4.79 Å². The van der Waals surface area contributed by atoms with E-state index in [2.05, 4.69) is 17.1 Å². The van der Waals surface area contributed by atoms with Crippen molar-refractivity contribution in [1.82, 2.24) is 4.98 Å². The van der Waals surface area contributed by atoms with E-state index < -0.39 is 0 Å². The van der Waals surface area contributed by atoms with Crippen molar-refractivity contribution in [2.45, 2.75) is 19.3 Å². The largest absolute Gasteiger partial charge is 0.294 e. The van der Waals surface area contributed by atoms with Crippen LogP contribution in [0.4, 0.5) is 0 Å². The van der Waals surface area contributed by atoms with Crippen LogP contribution in [0, 0.1) is 0 Å². The van der Waals surface area contributed by atoms with Crippen LogP contribution in [-0.2, 0) is 6.42 Å². The van der Waals surface area contributed by atoms with Gasteiger partial charge in [0.05, 0.1) is 0 Å². The molecule has 0 radical (unpaired) electrons. The van der Waals surface area contributed by atoms with Gasteiger partial charge in [0.15, 0.2) is 5.78 Å². The predicted molar refractivity (Wildman–Crippen MR) is 67.9 cm³/mol. The van der Waals surface area contributed by atoms with Crippen molar-refractivity contribution in [3.63, 3.8) is 0 Å². The van der Waals surface area contributed by atoms with Crippen LogP contribution in [0.25, 0.3) is 0 Å². The summed E-state index contributed by atoms with van der Waals surface area (Å²) in [5.41, 5.74) is 1.99. The molecule has 86 valence electrons. The van der Waals surface area contributed by atoms with E-state index in [0.29, 0.717) is 12.0 Å². The molecule has 1 aromatic heterocycles. The summed E-state index contributed by atoms with van der Waals surface area (Å²) < 4.78 is 0. The number of hydrogen-bond acceptors (Lipinski definition) is 2. The van der Waals surface area contributed by atoms with Crippen LogP contribution >= 0.6 is 0 Å². The number of benzene rings is 1. The fourth-order valence-corrected chi connectivity index (χ4v) is 1.77. The topological polar surface area (TPSA) is 30.0 Å². The van der Waals surface area contributed by atoms with Gasteiger partial charge in [-0.15, -0.1) is 0 Å². The molecule has 17 heavy (non-hydrogen) atoms. The molecular formula is C15H15NO. The molecule has 2 rings (SSSR count). The van der Waals surface area contributed by atoms with Crippen molar-refractivity contribution in [2.24, 2.45) is 0 Å². The first-order valence-corrected chi connectivity index (χ1v) is 5.83. The van der Waals surface area contributed by atoms with E-state index >= 15 is 0 Å². The lowest BCUT2D eigenvalue weighted by atomic mass is 10.0. The second kappa shape index (κ2) is 5.94. The summed E-state index contributed by atoms with van der Waals surface area (Å²) in [5.74, 6) is 0.175. The summed E-state index contributed by atoms with van der Waals surface area (Å²) in [6, 6.07) is 13.9. The molecule has 0 fully saturated rings. The van der Waals surface area contributed by atoms with E-state index in [1.54, 1.807) is 18.5 Å². The van der Waals surface area contributed by atoms with E-state index in [0.717, 1.165) is 12.8 Å². The maximum atomic E-state index is 11.8. The number of carbonyl (C=O) groups excluding carboxylic acids is 1. The SMILES string of the molecule is O=C(CCCc1ccccc1)c1cccnc1. The molecule has 0 spiro atoms. The Morgan fingerprint density at radius 1 is 1.06 bits per heavy atom. The van der Waals surface area contributed by atoms with Gasteiger partial charge in [-0.3, -0.25) is 9.78 Å². The number of pyridine rings is 1. The first kappa shape index (κ1) is 11.5. The summed E-state index contributed by atoms with van der Waals surface area (Å²) in [6.45, 7) is 0. The molecule has 0 amide bonds. The average molecular weight is 225 g/mol. The van der Waals surface area contributed by atoms with E-state index in [9.17, 15) is 4.79 Å². The first-order chi connectivity index (χ1) is 8.36. The van der Waals surface area contributed by atoms with Gasteiger partial charge in [0, 0.05) is 24.4 Å². The molecule has 0 atom stereocenters. The van der Waals surface area contributed by atoms with Gasteiger partial charge in [-0.2, -0.15) is 0 Å². The first-order valence-electron chi connectivity index (χ1n) is 5.83. The van der Waals surface area contributed by atoms with Gasteiger partial charge in [-0.25, -0.2) is 0 Å². The molecule has 0 N–H and O–H groups in total. The van der Waals surface area contributed by atoms with Gasteiger partial charge in [0.2, 0.25) is 0 Å². The fourth-order valence-electron chi connectivity index (χ4n) is 1.77. The third kappa shape index (κ3) is 3.52. The van der Waals surface area contributed by atoms with Gasteiger partial charge in [0.1, 0.15) is 0 Å². The highest BCUT2D eigenvalue weighted by Gasteiger charge is 2.04. The Hall–Kier alpha value is -1.96. The Bertz CT molecular complexity index is 465. The van der Waals surface area contributed by atoms with Gasteiger partial charge >= 0.3 is 0 Å². The van der Waals surface area contributed by atoms with Gasteiger partial charge in [-0.05, 0) is 30.5 Å². The highest BCUT2D eigenvalue weighted by molar-refractivity contribution is 5.95. The molecule has 0 aliphatic rings. The zero-order valence-electron chi connectivity index (χ0n) is 9.67. The van der Waals surface area contributed by atoms with E-state index in [1.807, 2.05) is 24.3 Å². The molecule has 0 saturated carbocycles. The number of aromatic nitrogens is 1. The number of rotatable bonds is 5. The van der Waals surface area contributed by atoms with E-state index in [1.165, 1.54) is 5.56 Å². The minimum atomic E-state index is 0.175. The fraction of sp³-hybridized carbons (Fsp3) is 0.200. The lowest BCUT2D eigenvalue weighted by Crippen LogP contribution is -2.00. The smallest absolute Gasteiger partial charge is 0.164 e. The lowest BCUT2D eigenvalue weighted by molar-refractivity contribution is 0.0980. The summed E-state index contributed by atoms with van der Waals surface area (Å²) in [6.07, 6.45) is 5.73. The van der Waals surface area contributed by atoms with Crippen LogP contribution in [0.1, 0.15) is 28.8 Å². The standard InChI is InChI=1S/C15H15NO/c17-15(14-9-5-11-16-12-14)10-4-8-13-6-2-1-3-7-13/h1-3,5-7,9,11-12H,4,8,10H2. The number of nitrogens with zero attached hydrogens (tertiary/aromatic N) is 1. The maximum Gasteiger partial charge on any atom is 0.164 e. The van der Waals surface area contributed by atoms with Crippen molar-refractivity contribution >= 4 is 5.78 Å². The Labute approximate surface area is 101 Å². The van der Waals surface area contributed by atoms with Crippen molar-refractivity contribution in [3.05, 3.63) is 66.0 Å². The van der Waals surface area contributed by atoms with Gasteiger partial charge in [0.25, 0.3) is 0 Å². The lowest BCUT2D eigenvalue weighted by Gasteiger charge is -2.01. The minimum absolute atomic E-state index is 0.175. The predicted octanol–water partition coefficient (Wildman–Crippen LogP) is 3.29.